The topological polar surface area (TPSA) is 81.4 Å². The highest BCUT2D eigenvalue weighted by molar-refractivity contribution is 7.92. The Labute approximate surface area is 123 Å². The average molecular weight is 312 g/mol. The molecule has 0 radical (unpaired) electrons. The lowest BCUT2D eigenvalue weighted by Crippen LogP contribution is -2.26. The molecule has 1 aliphatic heterocycles. The quantitative estimate of drug-likeness (QED) is 0.815. The van der Waals surface area contributed by atoms with Crippen LogP contribution < -0.4 is 10.5 Å². The molecule has 1 aromatic carbocycles. The van der Waals surface area contributed by atoms with Gasteiger partial charge in [-0.05, 0) is 31.0 Å². The Bertz CT molecular complexity index is 659. The summed E-state index contributed by atoms with van der Waals surface area (Å²) in [6.45, 7) is 0.750. The SMILES string of the molecule is NCC#Cc1ccc(NS(=O)(=O)CC2CCCO2)c(F)c1. The Balaban J connectivity index is 2.07. The molecule has 1 saturated heterocycles. The Kier molecular flexibility index (Phi) is 5.17. The van der Waals surface area contributed by atoms with Crippen LogP contribution in [0.1, 0.15) is 18.4 Å². The third-order valence-corrected chi connectivity index (χ3v) is 4.34. The molecule has 0 bridgehead atoms. The highest BCUT2D eigenvalue weighted by atomic mass is 32.2. The smallest absolute Gasteiger partial charge is 0.235 e. The summed E-state index contributed by atoms with van der Waals surface area (Å²) in [5, 5.41) is 0. The van der Waals surface area contributed by atoms with Crippen LogP contribution >= 0.6 is 0 Å². The van der Waals surface area contributed by atoms with Crippen molar-refractivity contribution in [3.05, 3.63) is 29.6 Å². The molecule has 0 aliphatic carbocycles. The monoisotopic (exact) mass is 312 g/mol. The number of ether oxygens (including phenoxy) is 1. The molecule has 1 aliphatic rings. The molecule has 1 heterocycles. The van der Waals surface area contributed by atoms with E-state index >= 15 is 0 Å². The van der Waals surface area contributed by atoms with Gasteiger partial charge in [0.1, 0.15) is 5.82 Å². The molecule has 0 saturated carbocycles. The van der Waals surface area contributed by atoms with E-state index in [2.05, 4.69) is 16.6 Å². The minimum absolute atomic E-state index is 0.0914. The zero-order valence-corrected chi connectivity index (χ0v) is 12.2. The lowest BCUT2D eigenvalue weighted by molar-refractivity contribution is 0.127. The lowest BCUT2D eigenvalue weighted by Gasteiger charge is -2.12. The van der Waals surface area contributed by atoms with E-state index in [9.17, 15) is 12.8 Å². The van der Waals surface area contributed by atoms with E-state index in [0.29, 0.717) is 18.6 Å². The minimum Gasteiger partial charge on any atom is -0.377 e. The standard InChI is InChI=1S/C14H17FN2O3S/c15-13-9-11(3-1-7-16)5-6-14(13)17-21(18,19)10-12-4-2-8-20-12/h5-6,9,12,17H,2,4,7-8,10,16H2. The van der Waals surface area contributed by atoms with Crippen LogP contribution in [0.5, 0.6) is 0 Å². The summed E-state index contributed by atoms with van der Waals surface area (Å²) in [5.41, 5.74) is 5.59. The molecular formula is C14H17FN2O3S. The van der Waals surface area contributed by atoms with Gasteiger partial charge in [-0.15, -0.1) is 0 Å². The Morgan fingerprint density at radius 1 is 1.48 bits per heavy atom. The average Bonchev–Trinajstić information content (AvgIpc) is 2.91. The molecule has 0 aromatic heterocycles. The number of rotatable bonds is 4. The fourth-order valence-corrected chi connectivity index (χ4v) is 3.39. The second-order valence-electron chi connectivity index (χ2n) is 4.72. The minimum atomic E-state index is -3.64. The van der Waals surface area contributed by atoms with Crippen molar-refractivity contribution in [1.82, 2.24) is 0 Å². The van der Waals surface area contributed by atoms with Crippen LogP contribution in [0, 0.1) is 17.7 Å². The molecule has 0 amide bonds. The first kappa shape index (κ1) is 15.8. The predicted octanol–water partition coefficient (Wildman–Crippen LogP) is 1.06. The zero-order chi connectivity index (χ0) is 15.3. The highest BCUT2D eigenvalue weighted by Gasteiger charge is 2.24. The molecule has 1 aromatic rings. The van der Waals surface area contributed by atoms with Crippen molar-refractivity contribution >= 4 is 15.7 Å². The van der Waals surface area contributed by atoms with Crippen molar-refractivity contribution in [3.8, 4) is 11.8 Å². The van der Waals surface area contributed by atoms with Crippen LogP contribution in [0.2, 0.25) is 0 Å². The van der Waals surface area contributed by atoms with Gasteiger partial charge in [-0.1, -0.05) is 11.8 Å². The van der Waals surface area contributed by atoms with Crippen molar-refractivity contribution in [2.45, 2.75) is 18.9 Å². The summed E-state index contributed by atoms with van der Waals surface area (Å²) in [5.74, 6) is 4.45. The van der Waals surface area contributed by atoms with E-state index in [1.807, 2.05) is 0 Å². The first-order valence-corrected chi connectivity index (χ1v) is 8.26. The van der Waals surface area contributed by atoms with Crippen molar-refractivity contribution in [1.29, 1.82) is 0 Å². The van der Waals surface area contributed by atoms with Crippen molar-refractivity contribution in [2.75, 3.05) is 23.6 Å². The van der Waals surface area contributed by atoms with Crippen LogP contribution in [-0.4, -0.2) is 33.4 Å². The van der Waals surface area contributed by atoms with Gasteiger partial charge in [0.25, 0.3) is 0 Å². The molecule has 114 valence electrons. The summed E-state index contributed by atoms with van der Waals surface area (Å²) in [6.07, 6.45) is 1.24. The summed E-state index contributed by atoms with van der Waals surface area (Å²) in [4.78, 5) is 0. The maximum atomic E-state index is 13.9. The Hall–Kier alpha value is -1.62. The maximum absolute atomic E-state index is 13.9. The van der Waals surface area contributed by atoms with Crippen molar-refractivity contribution < 1.29 is 17.5 Å². The number of nitrogens with two attached hydrogens (primary N) is 1. The number of halogens is 1. The maximum Gasteiger partial charge on any atom is 0.235 e. The normalized spacial score (nSPS) is 18.1. The summed E-state index contributed by atoms with van der Waals surface area (Å²) < 4.78 is 45.3. The molecule has 1 fully saturated rings. The fraction of sp³-hybridized carbons (Fsp3) is 0.429. The largest absolute Gasteiger partial charge is 0.377 e. The summed E-state index contributed by atoms with van der Waals surface area (Å²) in [6, 6.07) is 4.06. The van der Waals surface area contributed by atoms with E-state index in [4.69, 9.17) is 10.5 Å². The first-order valence-electron chi connectivity index (χ1n) is 6.61. The molecule has 7 heteroatoms. The Morgan fingerprint density at radius 3 is 2.90 bits per heavy atom. The molecule has 0 spiro atoms. The second kappa shape index (κ2) is 6.89. The number of sulfonamides is 1. The van der Waals surface area contributed by atoms with E-state index in [1.54, 1.807) is 0 Å². The third kappa shape index (κ3) is 4.70. The van der Waals surface area contributed by atoms with Gasteiger partial charge in [-0.3, -0.25) is 4.72 Å². The molecular weight excluding hydrogens is 295 g/mol. The number of hydrogen-bond acceptors (Lipinski definition) is 4. The van der Waals surface area contributed by atoms with Crippen LogP contribution in [-0.2, 0) is 14.8 Å². The lowest BCUT2D eigenvalue weighted by atomic mass is 10.2. The van der Waals surface area contributed by atoms with Crippen molar-refractivity contribution in [3.63, 3.8) is 0 Å². The number of nitrogens with one attached hydrogen (secondary N) is 1. The van der Waals surface area contributed by atoms with Gasteiger partial charge in [0.05, 0.1) is 24.1 Å². The first-order chi connectivity index (χ1) is 10.00. The van der Waals surface area contributed by atoms with Gasteiger partial charge >= 0.3 is 0 Å². The number of benzene rings is 1. The van der Waals surface area contributed by atoms with Crippen LogP contribution in [0.15, 0.2) is 18.2 Å². The van der Waals surface area contributed by atoms with Crippen LogP contribution in [0.25, 0.3) is 0 Å². The van der Waals surface area contributed by atoms with Gasteiger partial charge in [0.2, 0.25) is 10.0 Å². The third-order valence-electron chi connectivity index (χ3n) is 3.00. The van der Waals surface area contributed by atoms with Crippen LogP contribution in [0.4, 0.5) is 10.1 Å². The highest BCUT2D eigenvalue weighted by Crippen LogP contribution is 2.19. The van der Waals surface area contributed by atoms with Gasteiger partial charge in [-0.2, -0.15) is 0 Å². The van der Waals surface area contributed by atoms with E-state index in [-0.39, 0.29) is 24.1 Å². The van der Waals surface area contributed by atoms with E-state index in [1.165, 1.54) is 18.2 Å². The molecule has 3 N–H and O–H groups in total. The van der Waals surface area contributed by atoms with Crippen LogP contribution in [0.3, 0.4) is 0 Å². The fourth-order valence-electron chi connectivity index (χ4n) is 2.06. The molecule has 1 atom stereocenters. The second-order valence-corrected chi connectivity index (χ2v) is 6.49. The Morgan fingerprint density at radius 2 is 2.29 bits per heavy atom. The van der Waals surface area contributed by atoms with E-state index < -0.39 is 15.8 Å². The summed E-state index contributed by atoms with van der Waals surface area (Å²) >= 11 is 0. The summed E-state index contributed by atoms with van der Waals surface area (Å²) in [7, 11) is -3.64. The zero-order valence-electron chi connectivity index (χ0n) is 11.4. The van der Waals surface area contributed by atoms with E-state index in [0.717, 1.165) is 6.42 Å². The molecule has 5 nitrogen and oxygen atoms in total. The van der Waals surface area contributed by atoms with Gasteiger partial charge < -0.3 is 10.5 Å². The van der Waals surface area contributed by atoms with Gasteiger partial charge in [0, 0.05) is 12.2 Å². The molecule has 1 unspecified atom stereocenters. The number of anilines is 1. The van der Waals surface area contributed by atoms with Crippen molar-refractivity contribution in [2.24, 2.45) is 5.73 Å². The molecule has 2 rings (SSSR count). The molecule has 21 heavy (non-hydrogen) atoms. The van der Waals surface area contributed by atoms with Gasteiger partial charge in [-0.25, -0.2) is 12.8 Å². The van der Waals surface area contributed by atoms with Gasteiger partial charge in [0.15, 0.2) is 0 Å². The predicted molar refractivity (Wildman–Crippen MR) is 78.7 cm³/mol. The number of hydrogen-bond donors (Lipinski definition) is 2.